The van der Waals surface area contributed by atoms with E-state index in [1.807, 2.05) is 12.1 Å². The molecular weight excluding hydrogens is 220 g/mol. The molecule has 3 rings (SSSR count). The van der Waals surface area contributed by atoms with Gasteiger partial charge >= 0.3 is 0 Å². The summed E-state index contributed by atoms with van der Waals surface area (Å²) in [6, 6.07) is 8.30. The number of nitrogens with one attached hydrogen (secondary N) is 2. The van der Waals surface area contributed by atoms with E-state index in [1.165, 1.54) is 10.1 Å². The molecule has 2 aromatic heterocycles. The van der Waals surface area contributed by atoms with Crippen LogP contribution in [0.15, 0.2) is 35.8 Å². The summed E-state index contributed by atoms with van der Waals surface area (Å²) in [6.45, 7) is 0. The molecule has 80 valence electrons. The molecule has 1 aromatic carbocycles. The van der Waals surface area contributed by atoms with Crippen molar-refractivity contribution in [1.82, 2.24) is 9.97 Å². The molecular formula is C11H10N4S. The molecule has 0 saturated carbocycles. The molecule has 0 atom stereocenters. The first-order valence-corrected chi connectivity index (χ1v) is 5.74. The first kappa shape index (κ1) is 9.38. The first-order chi connectivity index (χ1) is 7.88. The summed E-state index contributed by atoms with van der Waals surface area (Å²) >= 11 is 1.73. The Morgan fingerprint density at radius 2 is 2.19 bits per heavy atom. The zero-order valence-electron chi connectivity index (χ0n) is 8.40. The van der Waals surface area contributed by atoms with Gasteiger partial charge in [-0.2, -0.15) is 0 Å². The quantitative estimate of drug-likeness (QED) is 0.468. The second-order valence-corrected chi connectivity index (χ2v) is 4.35. The molecule has 0 aliphatic carbocycles. The predicted octanol–water partition coefficient (Wildman–Crippen LogP) is 2.58. The largest absolute Gasteiger partial charge is 0.323 e. The number of aromatic amines is 1. The molecule has 0 amide bonds. The Balaban J connectivity index is 2.18. The molecule has 2 heterocycles. The van der Waals surface area contributed by atoms with Crippen molar-refractivity contribution >= 4 is 27.4 Å². The van der Waals surface area contributed by atoms with Gasteiger partial charge in [-0.3, -0.25) is 5.43 Å². The predicted molar refractivity (Wildman–Crippen MR) is 67.2 cm³/mol. The standard InChI is InChI=1S/C11H10N4S/c12-15-11-13-5-9(14-11)8-6-16-10-4-2-1-3-7(8)10/h1-6H,12H2,(H2,13,14,15). The molecule has 0 radical (unpaired) electrons. The van der Waals surface area contributed by atoms with Crippen molar-refractivity contribution in [3.05, 3.63) is 35.8 Å². The number of rotatable bonds is 2. The lowest BCUT2D eigenvalue weighted by atomic mass is 10.1. The maximum absolute atomic E-state index is 5.29. The van der Waals surface area contributed by atoms with Gasteiger partial charge in [0.1, 0.15) is 0 Å². The molecule has 0 unspecified atom stereocenters. The van der Waals surface area contributed by atoms with Crippen LogP contribution in [0.2, 0.25) is 0 Å². The van der Waals surface area contributed by atoms with Gasteiger partial charge in [0.05, 0.1) is 11.9 Å². The van der Waals surface area contributed by atoms with Gasteiger partial charge in [-0.1, -0.05) is 18.2 Å². The summed E-state index contributed by atoms with van der Waals surface area (Å²) in [5, 5.41) is 3.36. The van der Waals surface area contributed by atoms with Crippen molar-refractivity contribution < 1.29 is 0 Å². The van der Waals surface area contributed by atoms with E-state index in [0.29, 0.717) is 5.95 Å². The Hall–Kier alpha value is -1.85. The molecule has 3 aromatic rings. The van der Waals surface area contributed by atoms with Crippen molar-refractivity contribution in [3.63, 3.8) is 0 Å². The smallest absolute Gasteiger partial charge is 0.215 e. The van der Waals surface area contributed by atoms with Crippen molar-refractivity contribution in [2.24, 2.45) is 5.84 Å². The lowest BCUT2D eigenvalue weighted by molar-refractivity contribution is 1.20. The second-order valence-electron chi connectivity index (χ2n) is 3.44. The lowest BCUT2D eigenvalue weighted by Gasteiger charge is -1.95. The minimum absolute atomic E-state index is 0.574. The van der Waals surface area contributed by atoms with E-state index in [2.05, 4.69) is 32.9 Å². The highest BCUT2D eigenvalue weighted by molar-refractivity contribution is 7.17. The topological polar surface area (TPSA) is 66.7 Å². The van der Waals surface area contributed by atoms with Gasteiger partial charge in [-0.25, -0.2) is 10.8 Å². The Kier molecular flexibility index (Phi) is 2.12. The minimum Gasteiger partial charge on any atom is -0.323 e. The van der Waals surface area contributed by atoms with E-state index >= 15 is 0 Å². The van der Waals surface area contributed by atoms with Crippen LogP contribution in [0.25, 0.3) is 21.3 Å². The number of thiophene rings is 1. The maximum atomic E-state index is 5.29. The Morgan fingerprint density at radius 1 is 1.31 bits per heavy atom. The maximum Gasteiger partial charge on any atom is 0.215 e. The molecule has 4 nitrogen and oxygen atoms in total. The molecule has 4 N–H and O–H groups in total. The SMILES string of the molecule is NNc1ncc(-c2csc3ccccc23)[nH]1. The van der Waals surface area contributed by atoms with Gasteiger partial charge in [0, 0.05) is 21.0 Å². The summed E-state index contributed by atoms with van der Waals surface area (Å²) in [5.41, 5.74) is 4.63. The fourth-order valence-electron chi connectivity index (χ4n) is 1.72. The van der Waals surface area contributed by atoms with Gasteiger partial charge in [-0.05, 0) is 6.07 Å². The van der Waals surface area contributed by atoms with E-state index in [1.54, 1.807) is 17.5 Å². The molecule has 0 spiro atoms. The van der Waals surface area contributed by atoms with Crippen molar-refractivity contribution in [1.29, 1.82) is 0 Å². The van der Waals surface area contributed by atoms with Gasteiger partial charge in [0.25, 0.3) is 0 Å². The minimum atomic E-state index is 0.574. The number of benzene rings is 1. The normalized spacial score (nSPS) is 10.8. The summed E-state index contributed by atoms with van der Waals surface area (Å²) in [4.78, 5) is 7.23. The third kappa shape index (κ3) is 1.37. The zero-order chi connectivity index (χ0) is 11.0. The number of nitrogens with two attached hydrogens (primary N) is 1. The van der Waals surface area contributed by atoms with Crippen LogP contribution < -0.4 is 11.3 Å². The highest BCUT2D eigenvalue weighted by Crippen LogP contribution is 2.32. The number of hydrogen-bond donors (Lipinski definition) is 3. The van der Waals surface area contributed by atoms with E-state index in [0.717, 1.165) is 11.3 Å². The van der Waals surface area contributed by atoms with Gasteiger partial charge in [0.15, 0.2) is 0 Å². The summed E-state index contributed by atoms with van der Waals surface area (Å²) in [5.74, 6) is 5.86. The number of H-pyrrole nitrogens is 1. The van der Waals surface area contributed by atoms with Crippen LogP contribution in [0, 0.1) is 0 Å². The molecule has 5 heteroatoms. The molecule has 16 heavy (non-hydrogen) atoms. The van der Waals surface area contributed by atoms with Gasteiger partial charge in [0.2, 0.25) is 5.95 Å². The monoisotopic (exact) mass is 230 g/mol. The Labute approximate surface area is 96.1 Å². The Morgan fingerprint density at radius 3 is 3.00 bits per heavy atom. The first-order valence-electron chi connectivity index (χ1n) is 4.87. The fraction of sp³-hybridized carbons (Fsp3) is 0. The molecule has 0 bridgehead atoms. The van der Waals surface area contributed by atoms with Crippen LogP contribution in [-0.4, -0.2) is 9.97 Å². The van der Waals surface area contributed by atoms with Gasteiger partial charge in [-0.15, -0.1) is 11.3 Å². The number of hydrogen-bond acceptors (Lipinski definition) is 4. The van der Waals surface area contributed by atoms with E-state index in [4.69, 9.17) is 5.84 Å². The third-order valence-electron chi connectivity index (χ3n) is 2.48. The van der Waals surface area contributed by atoms with Crippen LogP contribution in [0.5, 0.6) is 0 Å². The molecule has 0 aliphatic rings. The second kappa shape index (κ2) is 3.62. The average molecular weight is 230 g/mol. The van der Waals surface area contributed by atoms with Crippen molar-refractivity contribution in [2.75, 3.05) is 5.43 Å². The number of imidazole rings is 1. The van der Waals surface area contributed by atoms with Crippen LogP contribution in [-0.2, 0) is 0 Å². The molecule has 0 saturated heterocycles. The van der Waals surface area contributed by atoms with E-state index < -0.39 is 0 Å². The Bertz CT molecular complexity index is 625. The number of nitrogen functional groups attached to an aromatic ring is 1. The van der Waals surface area contributed by atoms with Crippen LogP contribution in [0.1, 0.15) is 0 Å². The lowest BCUT2D eigenvalue weighted by Crippen LogP contribution is -2.07. The number of anilines is 1. The summed E-state index contributed by atoms with van der Waals surface area (Å²) in [6.07, 6.45) is 1.78. The average Bonchev–Trinajstić information content (AvgIpc) is 2.94. The van der Waals surface area contributed by atoms with E-state index in [-0.39, 0.29) is 0 Å². The molecule has 0 aliphatic heterocycles. The number of nitrogens with zero attached hydrogens (tertiary/aromatic N) is 1. The molecule has 0 fully saturated rings. The van der Waals surface area contributed by atoms with Gasteiger partial charge < -0.3 is 4.98 Å². The summed E-state index contributed by atoms with van der Waals surface area (Å²) in [7, 11) is 0. The number of aromatic nitrogens is 2. The van der Waals surface area contributed by atoms with E-state index in [9.17, 15) is 0 Å². The summed E-state index contributed by atoms with van der Waals surface area (Å²) < 4.78 is 1.27. The van der Waals surface area contributed by atoms with Crippen LogP contribution in [0.4, 0.5) is 5.95 Å². The van der Waals surface area contributed by atoms with Crippen molar-refractivity contribution in [3.8, 4) is 11.3 Å². The van der Waals surface area contributed by atoms with Crippen LogP contribution in [0.3, 0.4) is 0 Å². The highest BCUT2D eigenvalue weighted by atomic mass is 32.1. The highest BCUT2D eigenvalue weighted by Gasteiger charge is 2.08. The van der Waals surface area contributed by atoms with Crippen LogP contribution >= 0.6 is 11.3 Å². The third-order valence-corrected chi connectivity index (χ3v) is 3.45. The van der Waals surface area contributed by atoms with Crippen molar-refractivity contribution in [2.45, 2.75) is 0 Å². The number of fused-ring (bicyclic) bond motifs is 1. The fourth-order valence-corrected chi connectivity index (χ4v) is 2.68. The number of hydrazine groups is 1. The zero-order valence-corrected chi connectivity index (χ0v) is 9.21.